The van der Waals surface area contributed by atoms with Crippen LogP contribution in [0.3, 0.4) is 0 Å². The Bertz CT molecular complexity index is 232. The summed E-state index contributed by atoms with van der Waals surface area (Å²) in [7, 11) is 0. The Labute approximate surface area is 78.4 Å². The number of hydrogen-bond donors (Lipinski definition) is 0. The highest BCUT2D eigenvalue weighted by Gasteiger charge is 2.68. The zero-order valence-electron chi connectivity index (χ0n) is 7.64. The third kappa shape index (κ3) is 0.748. The molecule has 0 aromatic rings. The minimum absolute atomic E-state index is 0.122. The molecule has 3 rings (SSSR count). The second-order valence-corrected chi connectivity index (χ2v) is 5.82. The van der Waals surface area contributed by atoms with Crippen LogP contribution in [0.2, 0.25) is 0 Å². The molecule has 3 aliphatic rings. The molecule has 0 amide bonds. The van der Waals surface area contributed by atoms with Gasteiger partial charge in [-0.15, -0.1) is 11.6 Å². The Morgan fingerprint density at radius 1 is 1.33 bits per heavy atom. The molecule has 2 unspecified atom stereocenters. The van der Waals surface area contributed by atoms with Crippen LogP contribution in [0.25, 0.3) is 0 Å². The first-order chi connectivity index (χ1) is 5.56. The zero-order chi connectivity index (χ0) is 8.56. The van der Waals surface area contributed by atoms with Gasteiger partial charge in [0.2, 0.25) is 0 Å². The van der Waals surface area contributed by atoms with Crippen molar-refractivity contribution in [1.29, 1.82) is 0 Å². The van der Waals surface area contributed by atoms with Gasteiger partial charge in [0.15, 0.2) is 0 Å². The Kier molecular flexibility index (Phi) is 1.18. The van der Waals surface area contributed by atoms with E-state index in [1.165, 1.54) is 12.8 Å². The molecular weight excluding hydrogens is 172 g/mol. The van der Waals surface area contributed by atoms with E-state index in [2.05, 4.69) is 13.8 Å². The number of alkyl halides is 1. The summed E-state index contributed by atoms with van der Waals surface area (Å²) in [6.07, 6.45) is 2.40. The first-order valence-electron chi connectivity index (χ1n) is 4.84. The molecule has 1 nitrogen and oxygen atoms in total. The Morgan fingerprint density at radius 3 is 2.58 bits per heavy atom. The summed E-state index contributed by atoms with van der Waals surface area (Å²) in [6, 6.07) is 0. The molecule has 2 saturated carbocycles. The summed E-state index contributed by atoms with van der Waals surface area (Å²) in [4.78, 5) is 0. The van der Waals surface area contributed by atoms with Crippen LogP contribution in [0.5, 0.6) is 0 Å². The number of fused-ring (bicyclic) bond motifs is 1. The van der Waals surface area contributed by atoms with Gasteiger partial charge in [-0.1, -0.05) is 13.8 Å². The number of hydrogen-bond acceptors (Lipinski definition) is 1. The normalized spacial score (nSPS) is 59.8. The van der Waals surface area contributed by atoms with E-state index in [9.17, 15) is 0 Å². The number of halogens is 1. The third-order valence-electron chi connectivity index (χ3n) is 4.40. The van der Waals surface area contributed by atoms with Gasteiger partial charge < -0.3 is 4.74 Å². The molecule has 68 valence electrons. The minimum atomic E-state index is 0.122. The van der Waals surface area contributed by atoms with E-state index in [4.69, 9.17) is 16.3 Å². The van der Waals surface area contributed by atoms with Gasteiger partial charge in [0.05, 0.1) is 12.0 Å². The molecule has 1 saturated heterocycles. The fraction of sp³-hybridized carbons (Fsp3) is 1.00. The van der Waals surface area contributed by atoms with Crippen LogP contribution >= 0.6 is 11.6 Å². The van der Waals surface area contributed by atoms with Gasteiger partial charge >= 0.3 is 0 Å². The van der Waals surface area contributed by atoms with Gasteiger partial charge in [-0.05, 0) is 30.1 Å². The number of ether oxygens (including phenoxy) is 1. The summed E-state index contributed by atoms with van der Waals surface area (Å²) in [5.74, 6) is 1.78. The van der Waals surface area contributed by atoms with E-state index >= 15 is 0 Å². The van der Waals surface area contributed by atoms with Crippen LogP contribution < -0.4 is 0 Å². The predicted molar refractivity (Wildman–Crippen MR) is 48.3 cm³/mol. The SMILES string of the molecule is CC1(C)C2C[C@@H](Cl)[C@@]3(CO3)CC21. The largest absolute Gasteiger partial charge is 0.368 e. The first-order valence-corrected chi connectivity index (χ1v) is 5.28. The smallest absolute Gasteiger partial charge is 0.108 e. The standard InChI is InChI=1S/C10H15ClO/c1-9(2)6-3-8(11)10(5-12-10)4-7(6)9/h6-8H,3-5H2,1-2H3/t6?,7?,8-,10+/m1/s1. The van der Waals surface area contributed by atoms with Crippen LogP contribution in [-0.2, 0) is 4.74 Å². The fourth-order valence-corrected chi connectivity index (χ4v) is 3.47. The highest BCUT2D eigenvalue weighted by molar-refractivity contribution is 6.21. The molecule has 3 fully saturated rings. The van der Waals surface area contributed by atoms with Crippen molar-refractivity contribution in [2.75, 3.05) is 6.61 Å². The van der Waals surface area contributed by atoms with E-state index in [1.54, 1.807) is 0 Å². The van der Waals surface area contributed by atoms with E-state index in [1.807, 2.05) is 0 Å². The maximum Gasteiger partial charge on any atom is 0.108 e. The molecule has 2 aliphatic carbocycles. The maximum atomic E-state index is 6.29. The molecule has 4 atom stereocenters. The van der Waals surface area contributed by atoms with Crippen LogP contribution in [-0.4, -0.2) is 17.6 Å². The van der Waals surface area contributed by atoms with Gasteiger partial charge in [0, 0.05) is 0 Å². The fourth-order valence-electron chi connectivity index (χ4n) is 3.06. The Morgan fingerprint density at radius 2 is 2.00 bits per heavy atom. The Balaban J connectivity index is 1.84. The van der Waals surface area contributed by atoms with Gasteiger partial charge in [-0.25, -0.2) is 0 Å². The molecule has 0 radical (unpaired) electrons. The molecule has 12 heavy (non-hydrogen) atoms. The lowest BCUT2D eigenvalue weighted by atomic mass is 9.89. The second-order valence-electron chi connectivity index (χ2n) is 5.30. The zero-order valence-corrected chi connectivity index (χ0v) is 8.40. The summed E-state index contributed by atoms with van der Waals surface area (Å²) in [6.45, 7) is 5.65. The van der Waals surface area contributed by atoms with Crippen LogP contribution in [0.15, 0.2) is 0 Å². The van der Waals surface area contributed by atoms with Crippen LogP contribution in [0.1, 0.15) is 26.7 Å². The average Bonchev–Trinajstić information content (AvgIpc) is 2.84. The van der Waals surface area contributed by atoms with Crippen LogP contribution in [0.4, 0.5) is 0 Å². The summed E-state index contributed by atoms with van der Waals surface area (Å²) >= 11 is 6.29. The van der Waals surface area contributed by atoms with Crippen molar-refractivity contribution in [3.8, 4) is 0 Å². The second kappa shape index (κ2) is 1.85. The minimum Gasteiger partial charge on any atom is -0.368 e. The molecule has 0 N–H and O–H groups in total. The highest BCUT2D eigenvalue weighted by atomic mass is 35.5. The monoisotopic (exact) mass is 186 g/mol. The van der Waals surface area contributed by atoms with Crippen molar-refractivity contribution in [3.05, 3.63) is 0 Å². The van der Waals surface area contributed by atoms with Gasteiger partial charge in [-0.3, -0.25) is 0 Å². The summed E-state index contributed by atoms with van der Waals surface area (Å²) in [5, 5.41) is 0.292. The van der Waals surface area contributed by atoms with Crippen molar-refractivity contribution in [3.63, 3.8) is 0 Å². The van der Waals surface area contributed by atoms with E-state index < -0.39 is 0 Å². The quantitative estimate of drug-likeness (QED) is 0.418. The van der Waals surface area contributed by atoms with Crippen LogP contribution in [0, 0.1) is 17.3 Å². The number of rotatable bonds is 0. The van der Waals surface area contributed by atoms with Gasteiger partial charge in [-0.2, -0.15) is 0 Å². The molecule has 0 aromatic carbocycles. The molecule has 0 aromatic heterocycles. The molecule has 1 aliphatic heterocycles. The van der Waals surface area contributed by atoms with Crippen molar-refractivity contribution in [1.82, 2.24) is 0 Å². The highest BCUT2D eigenvalue weighted by Crippen LogP contribution is 2.69. The van der Waals surface area contributed by atoms with Crippen molar-refractivity contribution in [2.24, 2.45) is 17.3 Å². The lowest BCUT2D eigenvalue weighted by Gasteiger charge is -2.22. The summed E-state index contributed by atoms with van der Waals surface area (Å²) in [5.41, 5.74) is 0.680. The van der Waals surface area contributed by atoms with Crippen molar-refractivity contribution in [2.45, 2.75) is 37.7 Å². The lowest BCUT2D eigenvalue weighted by molar-refractivity contribution is 0.233. The first kappa shape index (κ1) is 7.64. The topological polar surface area (TPSA) is 12.5 Å². The van der Waals surface area contributed by atoms with Gasteiger partial charge in [0.25, 0.3) is 0 Å². The van der Waals surface area contributed by atoms with Crippen molar-refractivity contribution >= 4 is 11.6 Å². The third-order valence-corrected chi connectivity index (χ3v) is 4.98. The maximum absolute atomic E-state index is 6.29. The van der Waals surface area contributed by atoms with E-state index in [0.717, 1.165) is 18.4 Å². The lowest BCUT2D eigenvalue weighted by Crippen LogP contribution is -2.30. The molecular formula is C10H15ClO. The van der Waals surface area contributed by atoms with E-state index in [-0.39, 0.29) is 5.60 Å². The van der Waals surface area contributed by atoms with E-state index in [0.29, 0.717) is 10.8 Å². The molecule has 2 heteroatoms. The van der Waals surface area contributed by atoms with Gasteiger partial charge in [0.1, 0.15) is 5.60 Å². The number of epoxide rings is 1. The predicted octanol–water partition coefficient (Wildman–Crippen LogP) is 2.43. The molecule has 1 heterocycles. The average molecular weight is 187 g/mol. The molecule has 1 spiro atoms. The summed E-state index contributed by atoms with van der Waals surface area (Å²) < 4.78 is 5.51. The Hall–Kier alpha value is 0.250. The molecule has 0 bridgehead atoms. The van der Waals surface area contributed by atoms with Crippen molar-refractivity contribution < 1.29 is 4.74 Å².